The fourth-order valence-electron chi connectivity index (χ4n) is 5.64. The third-order valence-corrected chi connectivity index (χ3v) is 9.14. The number of allylic oxidation sites excluding steroid dienone is 1. The maximum Gasteiger partial charge on any atom is 0.255 e. The number of aromatic nitrogens is 3. The van der Waals surface area contributed by atoms with Crippen molar-refractivity contribution < 1.29 is 19.0 Å². The number of halogens is 1. The molecule has 5 aromatic rings. The number of nitrogens with one attached hydrogen (secondary N) is 2. The van der Waals surface area contributed by atoms with E-state index in [0.29, 0.717) is 75.9 Å². The predicted octanol–water partition coefficient (Wildman–Crippen LogP) is 8.84. The van der Waals surface area contributed by atoms with Crippen LogP contribution in [0.15, 0.2) is 107 Å². The summed E-state index contributed by atoms with van der Waals surface area (Å²) < 4.78 is 19.9. The second-order valence-electron chi connectivity index (χ2n) is 11.4. The Morgan fingerprint density at radius 3 is 2.47 bits per heavy atom. The molecule has 0 spiro atoms. The van der Waals surface area contributed by atoms with Gasteiger partial charge in [-0.15, -0.1) is 5.10 Å². The average molecular weight is 696 g/mol. The topological polar surface area (TPSA) is 99.5 Å². The third-order valence-electron chi connectivity index (χ3n) is 7.89. The van der Waals surface area contributed by atoms with Gasteiger partial charge in [0.05, 0.1) is 24.5 Å². The number of carbonyl (C=O) groups is 1. The van der Waals surface area contributed by atoms with Crippen molar-refractivity contribution >= 4 is 40.9 Å². The van der Waals surface area contributed by atoms with E-state index in [-0.39, 0.29) is 5.91 Å². The zero-order valence-electron chi connectivity index (χ0n) is 27.8. The lowest BCUT2D eigenvalue weighted by Gasteiger charge is -2.29. The van der Waals surface area contributed by atoms with Crippen LogP contribution in [0.1, 0.15) is 49.1 Å². The van der Waals surface area contributed by atoms with Crippen molar-refractivity contribution in [2.75, 3.05) is 23.8 Å². The third kappa shape index (κ3) is 7.87. The van der Waals surface area contributed by atoms with E-state index in [2.05, 4.69) is 29.7 Å². The predicted molar refractivity (Wildman–Crippen MR) is 195 cm³/mol. The van der Waals surface area contributed by atoms with Crippen molar-refractivity contribution in [3.8, 4) is 17.2 Å². The smallest absolute Gasteiger partial charge is 0.255 e. The van der Waals surface area contributed by atoms with Gasteiger partial charge in [0.15, 0.2) is 11.5 Å². The molecule has 2 heterocycles. The maximum absolute atomic E-state index is 14.2. The van der Waals surface area contributed by atoms with Crippen LogP contribution >= 0.6 is 23.4 Å². The van der Waals surface area contributed by atoms with Gasteiger partial charge in [0, 0.05) is 16.5 Å². The standard InChI is InChI=1S/C38H38ClN5O4S/c1-5-46-31-17-10-9-16-30(31)41-36(45)34-25(4)40-37-42-38(49-23-28-14-7-8-15-29(28)39)43-44(37)35(34)27-18-19-32(33(21-27)47-6-2)48-22-26-13-11-12-24(3)20-26/h7-21,35H,5-6,22-23H2,1-4H3,(H,41,45)(H,40,42,43). The van der Waals surface area contributed by atoms with E-state index in [1.54, 1.807) is 4.68 Å². The first-order valence-corrected chi connectivity index (χ1v) is 17.5. The summed E-state index contributed by atoms with van der Waals surface area (Å²) in [5.74, 6) is 2.57. The van der Waals surface area contributed by atoms with Crippen LogP contribution in [0.25, 0.3) is 0 Å². The molecule has 1 aromatic heterocycles. The molecule has 11 heteroatoms. The molecule has 1 aliphatic heterocycles. The lowest BCUT2D eigenvalue weighted by atomic mass is 9.94. The number of benzene rings is 4. The molecule has 0 fully saturated rings. The number of hydrogen-bond acceptors (Lipinski definition) is 8. The number of rotatable bonds is 13. The summed E-state index contributed by atoms with van der Waals surface area (Å²) in [6, 6.07) is 28.4. The molecule has 4 aromatic carbocycles. The molecular formula is C38H38ClN5O4S. The fourth-order valence-corrected chi connectivity index (χ4v) is 6.75. The molecule has 0 radical (unpaired) electrons. The largest absolute Gasteiger partial charge is 0.492 e. The minimum Gasteiger partial charge on any atom is -0.492 e. The van der Waals surface area contributed by atoms with Gasteiger partial charge < -0.3 is 24.8 Å². The highest BCUT2D eigenvalue weighted by atomic mass is 35.5. The number of hydrogen-bond donors (Lipinski definition) is 2. The minimum absolute atomic E-state index is 0.300. The number of amides is 1. The number of para-hydroxylation sites is 2. The van der Waals surface area contributed by atoms with Crippen LogP contribution in [0.2, 0.25) is 5.02 Å². The Bertz CT molecular complexity index is 1990. The Hall–Kier alpha value is -4.93. The van der Waals surface area contributed by atoms with Crippen molar-refractivity contribution in [1.82, 2.24) is 14.8 Å². The Kier molecular flexibility index (Phi) is 10.8. The molecule has 6 rings (SSSR count). The lowest BCUT2D eigenvalue weighted by molar-refractivity contribution is -0.113. The summed E-state index contributed by atoms with van der Waals surface area (Å²) in [7, 11) is 0. The number of fused-ring (bicyclic) bond motifs is 1. The summed E-state index contributed by atoms with van der Waals surface area (Å²) in [6.45, 7) is 9.05. The van der Waals surface area contributed by atoms with Crippen molar-refractivity contribution in [1.29, 1.82) is 0 Å². The highest BCUT2D eigenvalue weighted by Gasteiger charge is 2.35. The average Bonchev–Trinajstić information content (AvgIpc) is 3.50. The molecule has 1 aliphatic rings. The molecular weight excluding hydrogens is 658 g/mol. The van der Waals surface area contributed by atoms with Crippen LogP contribution in [0.4, 0.5) is 11.6 Å². The van der Waals surface area contributed by atoms with Gasteiger partial charge in [-0.05, 0) is 74.7 Å². The molecule has 0 bridgehead atoms. The Labute approximate surface area is 295 Å². The van der Waals surface area contributed by atoms with Gasteiger partial charge in [0.2, 0.25) is 11.1 Å². The van der Waals surface area contributed by atoms with Crippen molar-refractivity contribution in [2.45, 2.75) is 51.3 Å². The lowest BCUT2D eigenvalue weighted by Crippen LogP contribution is -2.31. The number of ether oxygens (including phenoxy) is 3. The first-order chi connectivity index (χ1) is 23.8. The Morgan fingerprint density at radius 1 is 0.898 bits per heavy atom. The van der Waals surface area contributed by atoms with Crippen molar-refractivity contribution in [2.24, 2.45) is 0 Å². The zero-order valence-corrected chi connectivity index (χ0v) is 29.4. The fraction of sp³-hybridized carbons (Fsp3) is 0.237. The SMILES string of the molecule is CCOc1ccccc1NC(=O)C1=C(C)Nc2nc(SCc3ccccc3Cl)nn2C1c1ccc(OCc2cccc(C)c2)c(OCC)c1. The number of anilines is 2. The number of thioether (sulfide) groups is 1. The Morgan fingerprint density at radius 2 is 1.67 bits per heavy atom. The molecule has 1 amide bonds. The minimum atomic E-state index is -0.636. The number of aryl methyl sites for hydroxylation is 1. The van der Waals surface area contributed by atoms with E-state index in [9.17, 15) is 4.79 Å². The monoisotopic (exact) mass is 695 g/mol. The summed E-state index contributed by atoms with van der Waals surface area (Å²) in [5, 5.41) is 12.5. The molecule has 2 N–H and O–H groups in total. The van der Waals surface area contributed by atoms with Gasteiger partial charge in [-0.1, -0.05) is 89.6 Å². The van der Waals surface area contributed by atoms with Crippen LogP contribution in [0.5, 0.6) is 17.2 Å². The van der Waals surface area contributed by atoms with E-state index < -0.39 is 6.04 Å². The van der Waals surface area contributed by atoms with Crippen LogP contribution in [-0.4, -0.2) is 33.9 Å². The van der Waals surface area contributed by atoms with Crippen molar-refractivity contribution in [3.05, 3.63) is 130 Å². The van der Waals surface area contributed by atoms with Gasteiger partial charge in [0.1, 0.15) is 18.4 Å². The highest BCUT2D eigenvalue weighted by molar-refractivity contribution is 7.98. The normalized spacial score (nSPS) is 13.8. The first-order valence-electron chi connectivity index (χ1n) is 16.1. The van der Waals surface area contributed by atoms with Gasteiger partial charge in [0.25, 0.3) is 5.91 Å². The highest BCUT2D eigenvalue weighted by Crippen LogP contribution is 2.41. The molecule has 0 saturated heterocycles. The summed E-state index contributed by atoms with van der Waals surface area (Å²) in [6.07, 6.45) is 0. The molecule has 1 atom stereocenters. The summed E-state index contributed by atoms with van der Waals surface area (Å²) in [4.78, 5) is 19.0. The number of nitrogens with zero attached hydrogens (tertiary/aromatic N) is 3. The summed E-state index contributed by atoms with van der Waals surface area (Å²) >= 11 is 7.90. The van der Waals surface area contributed by atoms with Crippen LogP contribution in [-0.2, 0) is 17.2 Å². The van der Waals surface area contributed by atoms with Crippen LogP contribution < -0.4 is 24.8 Å². The molecule has 49 heavy (non-hydrogen) atoms. The van der Waals surface area contributed by atoms with Gasteiger partial charge in [-0.2, -0.15) is 4.98 Å². The maximum atomic E-state index is 14.2. The second-order valence-corrected chi connectivity index (χ2v) is 12.8. The van der Waals surface area contributed by atoms with Crippen LogP contribution in [0.3, 0.4) is 0 Å². The van der Waals surface area contributed by atoms with Gasteiger partial charge >= 0.3 is 0 Å². The van der Waals surface area contributed by atoms with E-state index in [0.717, 1.165) is 22.3 Å². The summed E-state index contributed by atoms with van der Waals surface area (Å²) in [5.41, 5.74) is 5.68. The molecule has 252 valence electrons. The second kappa shape index (κ2) is 15.5. The molecule has 0 saturated carbocycles. The van der Waals surface area contributed by atoms with Crippen LogP contribution in [0, 0.1) is 6.92 Å². The van der Waals surface area contributed by atoms with E-state index in [4.69, 9.17) is 35.9 Å². The van der Waals surface area contributed by atoms with Gasteiger partial charge in [-0.3, -0.25) is 4.79 Å². The molecule has 1 unspecified atom stereocenters. The molecule has 9 nitrogen and oxygen atoms in total. The van der Waals surface area contributed by atoms with Crippen molar-refractivity contribution in [3.63, 3.8) is 0 Å². The first kappa shape index (κ1) is 34.0. The Balaban J connectivity index is 1.37. The zero-order chi connectivity index (χ0) is 34.3. The number of carbonyl (C=O) groups excluding carboxylic acids is 1. The van der Waals surface area contributed by atoms with E-state index in [1.165, 1.54) is 11.8 Å². The quantitative estimate of drug-likeness (QED) is 0.118. The van der Waals surface area contributed by atoms with E-state index >= 15 is 0 Å². The van der Waals surface area contributed by atoms with E-state index in [1.807, 2.05) is 99.6 Å². The van der Waals surface area contributed by atoms with Gasteiger partial charge in [-0.25, -0.2) is 4.68 Å². The molecule has 0 aliphatic carbocycles.